The highest BCUT2D eigenvalue weighted by molar-refractivity contribution is 6.46. The molecule has 8 heteroatoms. The molecule has 1 saturated heterocycles. The zero-order valence-electron chi connectivity index (χ0n) is 19.9. The Kier molecular flexibility index (Phi) is 7.28. The van der Waals surface area contributed by atoms with E-state index in [0.717, 1.165) is 10.5 Å². The zero-order chi connectivity index (χ0) is 24.3. The number of carbonyl (C=O) groups excluding carboxylic acids is 2. The van der Waals surface area contributed by atoms with Crippen LogP contribution < -0.4 is 24.2 Å². The normalized spacial score (nSPS) is 17.5. The molecule has 33 heavy (non-hydrogen) atoms. The van der Waals surface area contributed by atoms with Crippen molar-refractivity contribution in [1.29, 1.82) is 0 Å². The molecule has 0 saturated carbocycles. The Morgan fingerprint density at radius 1 is 1.00 bits per heavy atom. The fourth-order valence-electron chi connectivity index (χ4n) is 4.00. The summed E-state index contributed by atoms with van der Waals surface area (Å²) in [5, 5.41) is 13.6. The number of hydrogen-bond donors (Lipinski definition) is 1. The van der Waals surface area contributed by atoms with Crippen LogP contribution in [0.5, 0.6) is 17.2 Å². The molecule has 0 radical (unpaired) electrons. The average molecular weight is 455 g/mol. The van der Waals surface area contributed by atoms with Gasteiger partial charge < -0.3 is 29.1 Å². The Hall–Kier alpha value is -3.52. The van der Waals surface area contributed by atoms with Gasteiger partial charge in [0.15, 0.2) is 0 Å². The molecule has 176 valence electrons. The van der Waals surface area contributed by atoms with Crippen molar-refractivity contribution in [2.24, 2.45) is 0 Å². The molecule has 1 N–H and O–H groups in total. The number of rotatable bonds is 8. The number of ether oxygens (including phenoxy) is 3. The van der Waals surface area contributed by atoms with Crippen LogP contribution in [0.1, 0.15) is 22.7 Å². The van der Waals surface area contributed by atoms with Gasteiger partial charge in [0, 0.05) is 11.1 Å². The van der Waals surface area contributed by atoms with Crippen LogP contribution in [0.4, 0.5) is 0 Å². The lowest BCUT2D eigenvalue weighted by Crippen LogP contribution is -3.06. The molecule has 0 bridgehead atoms. The van der Waals surface area contributed by atoms with Crippen molar-refractivity contribution in [3.8, 4) is 17.2 Å². The lowest BCUT2D eigenvalue weighted by molar-refractivity contribution is -0.857. The summed E-state index contributed by atoms with van der Waals surface area (Å²) in [6, 6.07) is 9.20. The molecule has 1 amide bonds. The molecule has 1 fully saturated rings. The van der Waals surface area contributed by atoms with Gasteiger partial charge in [-0.05, 0) is 48.4 Å². The van der Waals surface area contributed by atoms with Gasteiger partial charge in [-0.15, -0.1) is 0 Å². The van der Waals surface area contributed by atoms with Crippen LogP contribution in [0.2, 0.25) is 0 Å². The minimum atomic E-state index is -0.885. The van der Waals surface area contributed by atoms with Crippen LogP contribution >= 0.6 is 0 Å². The molecular weight excluding hydrogens is 424 g/mol. The predicted octanol–water partition coefficient (Wildman–Crippen LogP) is 0.389. The Balaban J connectivity index is 2.24. The van der Waals surface area contributed by atoms with Crippen molar-refractivity contribution in [3.63, 3.8) is 0 Å². The van der Waals surface area contributed by atoms with E-state index in [1.807, 2.05) is 21.0 Å². The van der Waals surface area contributed by atoms with E-state index in [4.69, 9.17) is 14.2 Å². The number of Topliss-reactive ketones (excluding diaryl/α,β-unsaturated/α-hetero) is 1. The maximum atomic E-state index is 13.6. The number of ketones is 1. The van der Waals surface area contributed by atoms with Crippen molar-refractivity contribution < 1.29 is 33.8 Å². The summed E-state index contributed by atoms with van der Waals surface area (Å²) in [6.45, 7) is 2.72. The number of carbonyl (C=O) groups is 2. The highest BCUT2D eigenvalue weighted by Crippen LogP contribution is 2.43. The van der Waals surface area contributed by atoms with Gasteiger partial charge in [-0.2, -0.15) is 0 Å². The van der Waals surface area contributed by atoms with Gasteiger partial charge in [-0.3, -0.25) is 9.59 Å². The molecular formula is C25H30N2O6. The van der Waals surface area contributed by atoms with Gasteiger partial charge >= 0.3 is 0 Å². The lowest BCUT2D eigenvalue weighted by Gasteiger charge is -2.29. The van der Waals surface area contributed by atoms with Crippen LogP contribution in [0.15, 0.2) is 42.0 Å². The molecule has 2 aromatic carbocycles. The minimum absolute atomic E-state index is 0.0927. The standard InChI is InChI=1S/C25H30N2O6/c1-15-13-16(7-9-19(15)32-5)23(28)21-22(18-14-17(31-4)8-10-20(18)33-6)27(12-11-26(2)3)25(30)24(21)29/h7-10,13-14,22,28H,11-12H2,1-6H3. The third kappa shape index (κ3) is 4.66. The Morgan fingerprint density at radius 2 is 1.67 bits per heavy atom. The quantitative estimate of drug-likeness (QED) is 0.353. The maximum absolute atomic E-state index is 13.6. The van der Waals surface area contributed by atoms with Gasteiger partial charge in [-0.25, -0.2) is 0 Å². The minimum Gasteiger partial charge on any atom is -0.872 e. The van der Waals surface area contributed by atoms with Crippen molar-refractivity contribution >= 4 is 17.4 Å². The summed E-state index contributed by atoms with van der Waals surface area (Å²) < 4.78 is 16.2. The first-order valence-corrected chi connectivity index (χ1v) is 10.7. The number of hydrogen-bond acceptors (Lipinski definition) is 6. The number of nitrogens with one attached hydrogen (secondary N) is 1. The number of benzene rings is 2. The van der Waals surface area contributed by atoms with Gasteiger partial charge in [0.1, 0.15) is 17.2 Å². The van der Waals surface area contributed by atoms with Gasteiger partial charge in [0.05, 0.1) is 54.6 Å². The summed E-state index contributed by atoms with van der Waals surface area (Å²) in [5.74, 6) is -0.359. The van der Waals surface area contributed by atoms with Crippen LogP contribution in [-0.2, 0) is 9.59 Å². The molecule has 1 atom stereocenters. The highest BCUT2D eigenvalue weighted by atomic mass is 16.5. The van der Waals surface area contributed by atoms with Crippen molar-refractivity contribution in [2.45, 2.75) is 13.0 Å². The highest BCUT2D eigenvalue weighted by Gasteiger charge is 2.45. The number of amides is 1. The van der Waals surface area contributed by atoms with Crippen LogP contribution in [-0.4, -0.2) is 65.1 Å². The Morgan fingerprint density at radius 3 is 2.24 bits per heavy atom. The van der Waals surface area contributed by atoms with E-state index < -0.39 is 23.5 Å². The average Bonchev–Trinajstić information content (AvgIpc) is 3.06. The molecule has 0 spiro atoms. The number of methoxy groups -OCH3 is 3. The molecule has 3 rings (SSSR count). The molecule has 8 nitrogen and oxygen atoms in total. The molecule has 1 aliphatic heterocycles. The van der Waals surface area contributed by atoms with E-state index in [1.165, 1.54) is 19.1 Å². The second kappa shape index (κ2) is 9.95. The molecule has 0 aromatic heterocycles. The smallest absolute Gasteiger partial charge is 0.295 e. The maximum Gasteiger partial charge on any atom is 0.295 e. The Bertz CT molecular complexity index is 1090. The van der Waals surface area contributed by atoms with Crippen molar-refractivity contribution in [1.82, 2.24) is 4.90 Å². The van der Waals surface area contributed by atoms with Gasteiger partial charge in [0.2, 0.25) is 5.78 Å². The van der Waals surface area contributed by atoms with Crippen molar-refractivity contribution in [2.75, 3.05) is 48.5 Å². The summed E-state index contributed by atoms with van der Waals surface area (Å²) >= 11 is 0. The largest absolute Gasteiger partial charge is 0.872 e. The summed E-state index contributed by atoms with van der Waals surface area (Å²) in [4.78, 5) is 28.8. The third-order valence-electron chi connectivity index (χ3n) is 5.77. The fraction of sp³-hybridized carbons (Fsp3) is 0.360. The van der Waals surface area contributed by atoms with Crippen LogP contribution in [0, 0.1) is 6.92 Å². The molecule has 1 heterocycles. The first-order chi connectivity index (χ1) is 15.7. The van der Waals surface area contributed by atoms with Gasteiger partial charge in [0.25, 0.3) is 5.91 Å². The molecule has 1 unspecified atom stereocenters. The van der Waals surface area contributed by atoms with Crippen molar-refractivity contribution in [3.05, 3.63) is 58.7 Å². The number of aryl methyl sites for hydroxylation is 1. The topological polar surface area (TPSA) is 92.6 Å². The second-order valence-corrected chi connectivity index (χ2v) is 8.22. The number of likely N-dealkylation sites (N-methyl/N-ethyl adjacent to an activating group) is 1. The Labute approximate surface area is 194 Å². The summed E-state index contributed by atoms with van der Waals surface area (Å²) in [6.07, 6.45) is 0. The first-order valence-electron chi connectivity index (χ1n) is 10.7. The van der Waals surface area contributed by atoms with Crippen LogP contribution in [0.3, 0.4) is 0 Å². The lowest BCUT2D eigenvalue weighted by atomic mass is 9.94. The third-order valence-corrected chi connectivity index (χ3v) is 5.77. The fourth-order valence-corrected chi connectivity index (χ4v) is 4.00. The first kappa shape index (κ1) is 24.1. The number of nitrogens with zero attached hydrogens (tertiary/aromatic N) is 1. The van der Waals surface area contributed by atoms with E-state index in [2.05, 4.69) is 0 Å². The van der Waals surface area contributed by atoms with E-state index in [9.17, 15) is 14.7 Å². The SMILES string of the molecule is COc1ccc(OC)c(C2C(=C([O-])c3ccc(OC)c(C)c3)C(=O)C(=O)N2CC[NH+](C)C)c1. The van der Waals surface area contributed by atoms with E-state index in [-0.39, 0.29) is 5.57 Å². The number of likely N-dealkylation sites (tertiary alicyclic amines) is 1. The molecule has 0 aliphatic carbocycles. The second-order valence-electron chi connectivity index (χ2n) is 8.22. The van der Waals surface area contributed by atoms with Gasteiger partial charge in [-0.1, -0.05) is 11.8 Å². The van der Waals surface area contributed by atoms with E-state index >= 15 is 0 Å². The summed E-state index contributed by atoms with van der Waals surface area (Å²) in [5.41, 5.74) is 1.50. The predicted molar refractivity (Wildman–Crippen MR) is 121 cm³/mol. The van der Waals surface area contributed by atoms with Crippen LogP contribution in [0.25, 0.3) is 5.76 Å². The monoisotopic (exact) mass is 454 g/mol. The van der Waals surface area contributed by atoms with E-state index in [1.54, 1.807) is 43.5 Å². The zero-order valence-corrected chi connectivity index (χ0v) is 19.9. The number of quaternary nitrogens is 1. The molecule has 1 aliphatic rings. The molecule has 2 aromatic rings. The van der Waals surface area contributed by atoms with E-state index in [0.29, 0.717) is 41.5 Å². The summed E-state index contributed by atoms with van der Waals surface area (Å²) in [7, 11) is 8.50.